The molecule has 0 bridgehead atoms. The van der Waals surface area contributed by atoms with Gasteiger partial charge in [-0.05, 0) is 26.0 Å². The van der Waals surface area contributed by atoms with Gasteiger partial charge in [-0.15, -0.1) is 0 Å². The van der Waals surface area contributed by atoms with E-state index in [9.17, 15) is 14.4 Å². The number of piperazine rings is 1. The molecule has 1 aromatic carbocycles. The second kappa shape index (κ2) is 10.7. The van der Waals surface area contributed by atoms with Crippen LogP contribution in [-0.2, 0) is 9.59 Å². The third-order valence-corrected chi connectivity index (χ3v) is 4.86. The van der Waals surface area contributed by atoms with Crippen molar-refractivity contribution in [1.82, 2.24) is 20.0 Å². The first-order valence-electron chi connectivity index (χ1n) is 9.66. The molecule has 7 nitrogen and oxygen atoms in total. The SMILES string of the molecule is CCN(CC)C(=O)CN1CCN(C(=O)CCNC(=O)c2ccccc2)CC1. The summed E-state index contributed by atoms with van der Waals surface area (Å²) in [6.07, 6.45) is 0.289. The minimum atomic E-state index is -0.164. The Hall–Kier alpha value is -2.41. The van der Waals surface area contributed by atoms with Crippen LogP contribution >= 0.6 is 0 Å². The molecule has 1 aliphatic rings. The van der Waals surface area contributed by atoms with Gasteiger partial charge in [-0.1, -0.05) is 18.2 Å². The lowest BCUT2D eigenvalue weighted by atomic mass is 10.2. The first-order valence-corrected chi connectivity index (χ1v) is 9.66. The van der Waals surface area contributed by atoms with Crippen LogP contribution < -0.4 is 5.32 Å². The largest absolute Gasteiger partial charge is 0.352 e. The third-order valence-electron chi connectivity index (χ3n) is 4.86. The summed E-state index contributed by atoms with van der Waals surface area (Å²) in [4.78, 5) is 42.2. The molecule has 0 atom stereocenters. The fourth-order valence-corrected chi connectivity index (χ4v) is 3.16. The van der Waals surface area contributed by atoms with E-state index < -0.39 is 0 Å². The van der Waals surface area contributed by atoms with Crippen LogP contribution in [0.15, 0.2) is 30.3 Å². The van der Waals surface area contributed by atoms with E-state index in [2.05, 4.69) is 10.2 Å². The number of carbonyl (C=O) groups excluding carboxylic acids is 3. The van der Waals surface area contributed by atoms with E-state index in [1.165, 1.54) is 0 Å². The van der Waals surface area contributed by atoms with Crippen molar-refractivity contribution in [2.75, 3.05) is 52.4 Å². The van der Waals surface area contributed by atoms with Crippen molar-refractivity contribution in [2.45, 2.75) is 20.3 Å². The molecule has 27 heavy (non-hydrogen) atoms. The van der Waals surface area contributed by atoms with E-state index >= 15 is 0 Å². The summed E-state index contributed by atoms with van der Waals surface area (Å²) in [6.45, 7) is 8.80. The van der Waals surface area contributed by atoms with Gasteiger partial charge in [-0.25, -0.2) is 0 Å². The Kier molecular flexibility index (Phi) is 8.26. The average molecular weight is 374 g/mol. The van der Waals surface area contributed by atoms with Crippen molar-refractivity contribution in [1.29, 1.82) is 0 Å². The van der Waals surface area contributed by atoms with Crippen LogP contribution in [0.2, 0.25) is 0 Å². The van der Waals surface area contributed by atoms with Crippen LogP contribution in [0.5, 0.6) is 0 Å². The van der Waals surface area contributed by atoms with Crippen molar-refractivity contribution < 1.29 is 14.4 Å². The Balaban J connectivity index is 1.67. The molecule has 1 saturated heterocycles. The van der Waals surface area contributed by atoms with Crippen molar-refractivity contribution in [2.24, 2.45) is 0 Å². The Morgan fingerprint density at radius 2 is 1.63 bits per heavy atom. The van der Waals surface area contributed by atoms with Gasteiger partial charge in [0.05, 0.1) is 6.54 Å². The van der Waals surface area contributed by atoms with Crippen molar-refractivity contribution >= 4 is 17.7 Å². The normalized spacial score (nSPS) is 14.7. The van der Waals surface area contributed by atoms with Crippen molar-refractivity contribution in [3.05, 3.63) is 35.9 Å². The predicted molar refractivity (Wildman–Crippen MR) is 104 cm³/mol. The van der Waals surface area contributed by atoms with E-state index in [1.54, 1.807) is 12.1 Å². The highest BCUT2D eigenvalue weighted by Gasteiger charge is 2.23. The maximum atomic E-state index is 12.3. The second-order valence-electron chi connectivity index (χ2n) is 6.59. The lowest BCUT2D eigenvalue weighted by molar-refractivity contribution is -0.134. The smallest absolute Gasteiger partial charge is 0.251 e. The number of amides is 3. The summed E-state index contributed by atoms with van der Waals surface area (Å²) in [5, 5.41) is 2.78. The summed E-state index contributed by atoms with van der Waals surface area (Å²) < 4.78 is 0. The van der Waals surface area contributed by atoms with E-state index in [0.29, 0.717) is 44.8 Å². The molecule has 0 saturated carbocycles. The first-order chi connectivity index (χ1) is 13.0. The fraction of sp³-hybridized carbons (Fsp3) is 0.550. The maximum Gasteiger partial charge on any atom is 0.251 e. The third kappa shape index (κ3) is 6.36. The minimum Gasteiger partial charge on any atom is -0.352 e. The molecule has 1 fully saturated rings. The van der Waals surface area contributed by atoms with Gasteiger partial charge in [0.15, 0.2) is 0 Å². The van der Waals surface area contributed by atoms with Gasteiger partial charge in [0, 0.05) is 57.8 Å². The summed E-state index contributed by atoms with van der Waals surface area (Å²) in [5.74, 6) is 0.0182. The molecule has 7 heteroatoms. The van der Waals surface area contributed by atoms with Gasteiger partial charge >= 0.3 is 0 Å². The molecule has 1 aromatic rings. The molecule has 1 aliphatic heterocycles. The fourth-order valence-electron chi connectivity index (χ4n) is 3.16. The number of carbonyl (C=O) groups is 3. The van der Waals surface area contributed by atoms with Crippen LogP contribution in [0.1, 0.15) is 30.6 Å². The van der Waals surface area contributed by atoms with Crippen LogP contribution in [0.25, 0.3) is 0 Å². The number of hydrogen-bond acceptors (Lipinski definition) is 4. The monoisotopic (exact) mass is 374 g/mol. The Morgan fingerprint density at radius 1 is 1.00 bits per heavy atom. The molecule has 0 radical (unpaired) electrons. The van der Waals surface area contributed by atoms with E-state index in [1.807, 2.05) is 41.8 Å². The lowest BCUT2D eigenvalue weighted by Gasteiger charge is -2.35. The number of benzene rings is 1. The zero-order valence-electron chi connectivity index (χ0n) is 16.3. The summed E-state index contributed by atoms with van der Waals surface area (Å²) >= 11 is 0. The number of nitrogens with one attached hydrogen (secondary N) is 1. The van der Waals surface area contributed by atoms with Crippen LogP contribution in [0, 0.1) is 0 Å². The molecule has 0 aliphatic carbocycles. The Labute approximate surface area is 161 Å². The molecular weight excluding hydrogens is 344 g/mol. The molecule has 3 amide bonds. The molecule has 148 valence electrons. The lowest BCUT2D eigenvalue weighted by Crippen LogP contribution is -2.51. The van der Waals surface area contributed by atoms with E-state index in [4.69, 9.17) is 0 Å². The van der Waals surface area contributed by atoms with E-state index in [-0.39, 0.29) is 24.1 Å². The molecule has 0 aromatic heterocycles. The summed E-state index contributed by atoms with van der Waals surface area (Å²) in [5.41, 5.74) is 0.594. The average Bonchev–Trinajstić information content (AvgIpc) is 2.70. The second-order valence-corrected chi connectivity index (χ2v) is 6.59. The molecule has 1 heterocycles. The summed E-state index contributed by atoms with van der Waals surface area (Å²) in [7, 11) is 0. The predicted octanol–water partition coefficient (Wildman–Crippen LogP) is 0.819. The zero-order valence-corrected chi connectivity index (χ0v) is 16.3. The summed E-state index contributed by atoms with van der Waals surface area (Å²) in [6, 6.07) is 8.97. The van der Waals surface area contributed by atoms with Gasteiger partial charge in [-0.3, -0.25) is 19.3 Å². The van der Waals surface area contributed by atoms with Crippen LogP contribution in [0.4, 0.5) is 0 Å². The van der Waals surface area contributed by atoms with E-state index in [0.717, 1.165) is 13.1 Å². The zero-order chi connectivity index (χ0) is 19.6. The van der Waals surface area contributed by atoms with Crippen molar-refractivity contribution in [3.63, 3.8) is 0 Å². The highest BCUT2D eigenvalue weighted by atomic mass is 16.2. The standard InChI is InChI=1S/C20H30N4O3/c1-3-23(4-2)19(26)16-22-12-14-24(15-13-22)18(25)10-11-21-20(27)17-8-6-5-7-9-17/h5-9H,3-4,10-16H2,1-2H3,(H,21,27). The van der Waals surface area contributed by atoms with Gasteiger partial charge in [-0.2, -0.15) is 0 Å². The number of rotatable bonds is 8. The molecular formula is C20H30N4O3. The minimum absolute atomic E-state index is 0.0399. The topological polar surface area (TPSA) is 73.0 Å². The number of hydrogen-bond donors (Lipinski definition) is 1. The number of likely N-dealkylation sites (N-methyl/N-ethyl adjacent to an activating group) is 1. The Bertz CT molecular complexity index is 623. The van der Waals surface area contributed by atoms with Crippen molar-refractivity contribution in [3.8, 4) is 0 Å². The van der Waals surface area contributed by atoms with Crippen LogP contribution in [0.3, 0.4) is 0 Å². The Morgan fingerprint density at radius 3 is 2.22 bits per heavy atom. The van der Waals surface area contributed by atoms with Gasteiger partial charge in [0.25, 0.3) is 5.91 Å². The maximum absolute atomic E-state index is 12.3. The van der Waals surface area contributed by atoms with Gasteiger partial charge in [0.1, 0.15) is 0 Å². The molecule has 2 rings (SSSR count). The first kappa shape index (κ1) is 20.9. The molecule has 0 spiro atoms. The number of nitrogens with zero attached hydrogens (tertiary/aromatic N) is 3. The molecule has 1 N–H and O–H groups in total. The highest BCUT2D eigenvalue weighted by Crippen LogP contribution is 2.05. The highest BCUT2D eigenvalue weighted by molar-refractivity contribution is 5.94. The van der Waals surface area contributed by atoms with Gasteiger partial charge < -0.3 is 15.1 Å². The quantitative estimate of drug-likeness (QED) is 0.731. The van der Waals surface area contributed by atoms with Crippen LogP contribution in [-0.4, -0.2) is 84.8 Å². The molecule has 0 unspecified atom stereocenters. The van der Waals surface area contributed by atoms with Gasteiger partial charge in [0.2, 0.25) is 11.8 Å².